The van der Waals surface area contributed by atoms with Crippen LogP contribution in [0.25, 0.3) is 0 Å². The smallest absolute Gasteiger partial charge is 0.308 e. The summed E-state index contributed by atoms with van der Waals surface area (Å²) in [5.41, 5.74) is 6.01. The summed E-state index contributed by atoms with van der Waals surface area (Å²) >= 11 is 0. The summed E-state index contributed by atoms with van der Waals surface area (Å²) < 4.78 is 0. The molecule has 126 valence electrons. The Morgan fingerprint density at radius 1 is 1.22 bits per heavy atom. The number of nitrogens with one attached hydrogen (secondary N) is 2. The average Bonchev–Trinajstić information content (AvgIpc) is 2.48. The molecular weight excluding hydrogens is 298 g/mol. The van der Waals surface area contributed by atoms with Gasteiger partial charge in [0.1, 0.15) is 0 Å². The van der Waals surface area contributed by atoms with E-state index in [-0.39, 0.29) is 24.9 Å². The normalized spacial score (nSPS) is 11.8. The van der Waals surface area contributed by atoms with Crippen molar-refractivity contribution in [2.24, 2.45) is 17.6 Å². The number of primary amides is 1. The number of hydrogen-bond acceptors (Lipinski definition) is 4. The third-order valence-corrected chi connectivity index (χ3v) is 3.28. The van der Waals surface area contributed by atoms with Gasteiger partial charge in [0, 0.05) is 12.2 Å². The Bertz CT molecular complexity index is 572. The van der Waals surface area contributed by atoms with Crippen LogP contribution in [0, 0.1) is 11.8 Å². The molecule has 1 atom stereocenters. The number of benzene rings is 1. The molecule has 1 unspecified atom stereocenters. The highest BCUT2D eigenvalue weighted by Gasteiger charge is 2.19. The highest BCUT2D eigenvalue weighted by atomic mass is 16.4. The van der Waals surface area contributed by atoms with Crippen LogP contribution in [0.4, 0.5) is 5.69 Å². The van der Waals surface area contributed by atoms with Crippen LogP contribution in [0.2, 0.25) is 0 Å². The zero-order valence-corrected chi connectivity index (χ0v) is 13.3. The lowest BCUT2D eigenvalue weighted by Crippen LogP contribution is -2.37. The van der Waals surface area contributed by atoms with Crippen molar-refractivity contribution in [2.45, 2.75) is 20.3 Å². The predicted molar refractivity (Wildman–Crippen MR) is 87.0 cm³/mol. The first-order valence-corrected chi connectivity index (χ1v) is 7.43. The maximum absolute atomic E-state index is 11.8. The minimum absolute atomic E-state index is 0.0711. The van der Waals surface area contributed by atoms with Gasteiger partial charge < -0.3 is 21.5 Å². The van der Waals surface area contributed by atoms with Crippen LogP contribution in [-0.2, 0) is 9.59 Å². The molecule has 0 aliphatic rings. The molecule has 2 amide bonds. The van der Waals surface area contributed by atoms with E-state index in [1.807, 2.05) is 13.8 Å². The molecule has 0 fully saturated rings. The number of carboxylic acids is 1. The highest BCUT2D eigenvalue weighted by molar-refractivity contribution is 5.99. The Balaban J connectivity index is 2.51. The maximum atomic E-state index is 11.8. The fourth-order valence-electron chi connectivity index (χ4n) is 2.17. The van der Waals surface area contributed by atoms with Crippen molar-refractivity contribution in [1.82, 2.24) is 5.32 Å². The van der Waals surface area contributed by atoms with E-state index in [1.54, 1.807) is 24.3 Å². The van der Waals surface area contributed by atoms with Gasteiger partial charge >= 0.3 is 5.97 Å². The van der Waals surface area contributed by atoms with Crippen molar-refractivity contribution in [3.05, 3.63) is 29.8 Å². The number of anilines is 1. The number of amides is 2. The van der Waals surface area contributed by atoms with Crippen molar-refractivity contribution >= 4 is 23.5 Å². The van der Waals surface area contributed by atoms with E-state index in [0.717, 1.165) is 0 Å². The number of aliphatic carboxylic acids is 1. The van der Waals surface area contributed by atoms with Crippen LogP contribution in [0.5, 0.6) is 0 Å². The van der Waals surface area contributed by atoms with E-state index < -0.39 is 17.8 Å². The molecule has 0 saturated heterocycles. The second-order valence-electron chi connectivity index (χ2n) is 5.73. The highest BCUT2D eigenvalue weighted by Crippen LogP contribution is 2.14. The van der Waals surface area contributed by atoms with Crippen LogP contribution < -0.4 is 16.4 Å². The molecule has 0 radical (unpaired) electrons. The molecule has 23 heavy (non-hydrogen) atoms. The standard InChI is InChI=1S/C16H23N3O4/c1-10(2)7-11(16(22)23)8-19-14(20)9-18-13-6-4-3-5-12(13)15(17)21/h3-6,10-11,18H,7-9H2,1-2H3,(H2,17,21)(H,19,20)(H,22,23). The molecule has 7 heteroatoms. The van der Waals surface area contributed by atoms with E-state index in [2.05, 4.69) is 10.6 Å². The van der Waals surface area contributed by atoms with E-state index >= 15 is 0 Å². The average molecular weight is 321 g/mol. The van der Waals surface area contributed by atoms with E-state index in [1.165, 1.54) is 0 Å². The van der Waals surface area contributed by atoms with Crippen molar-refractivity contribution in [3.63, 3.8) is 0 Å². The van der Waals surface area contributed by atoms with Gasteiger partial charge in [-0.3, -0.25) is 14.4 Å². The number of carbonyl (C=O) groups is 3. The lowest BCUT2D eigenvalue weighted by molar-refractivity contribution is -0.142. The van der Waals surface area contributed by atoms with Crippen LogP contribution in [0.15, 0.2) is 24.3 Å². The number of hydrogen-bond donors (Lipinski definition) is 4. The van der Waals surface area contributed by atoms with Gasteiger partial charge in [-0.05, 0) is 24.5 Å². The lowest BCUT2D eigenvalue weighted by Gasteiger charge is -2.16. The van der Waals surface area contributed by atoms with Crippen LogP contribution >= 0.6 is 0 Å². The zero-order valence-electron chi connectivity index (χ0n) is 13.3. The Hall–Kier alpha value is -2.57. The van der Waals surface area contributed by atoms with Gasteiger partial charge in [-0.1, -0.05) is 26.0 Å². The van der Waals surface area contributed by atoms with Gasteiger partial charge in [0.25, 0.3) is 5.91 Å². The minimum atomic E-state index is -0.925. The second-order valence-corrected chi connectivity index (χ2v) is 5.73. The van der Waals surface area contributed by atoms with Crippen LogP contribution in [0.1, 0.15) is 30.6 Å². The van der Waals surface area contributed by atoms with Gasteiger partial charge in [0.05, 0.1) is 18.0 Å². The molecule has 0 heterocycles. The number of para-hydroxylation sites is 1. The molecule has 0 aliphatic heterocycles. The van der Waals surface area contributed by atoms with Crippen molar-refractivity contribution in [1.29, 1.82) is 0 Å². The molecule has 0 spiro atoms. The summed E-state index contributed by atoms with van der Waals surface area (Å²) in [5, 5.41) is 14.5. The molecule has 1 rings (SSSR count). The topological polar surface area (TPSA) is 122 Å². The summed E-state index contributed by atoms with van der Waals surface area (Å²) in [6.45, 7) is 3.87. The number of rotatable bonds is 9. The summed E-state index contributed by atoms with van der Waals surface area (Å²) in [6.07, 6.45) is 0.494. The van der Waals surface area contributed by atoms with Crippen molar-refractivity contribution in [2.75, 3.05) is 18.4 Å². The molecule has 0 saturated carbocycles. The largest absolute Gasteiger partial charge is 0.481 e. The SMILES string of the molecule is CC(C)CC(CNC(=O)CNc1ccccc1C(N)=O)C(=O)O. The van der Waals surface area contributed by atoms with E-state index in [9.17, 15) is 14.4 Å². The number of carbonyl (C=O) groups excluding carboxylic acids is 2. The fourth-order valence-corrected chi connectivity index (χ4v) is 2.17. The fraction of sp³-hybridized carbons (Fsp3) is 0.438. The van der Waals surface area contributed by atoms with Gasteiger partial charge in [-0.2, -0.15) is 0 Å². The number of nitrogens with two attached hydrogens (primary N) is 1. The van der Waals surface area contributed by atoms with Crippen molar-refractivity contribution in [3.8, 4) is 0 Å². The van der Waals surface area contributed by atoms with Crippen LogP contribution in [0.3, 0.4) is 0 Å². The summed E-state index contributed by atoms with van der Waals surface area (Å²) in [6, 6.07) is 6.60. The van der Waals surface area contributed by atoms with Gasteiger partial charge in [0.15, 0.2) is 0 Å². The molecule has 0 aromatic heterocycles. The van der Waals surface area contributed by atoms with Crippen LogP contribution in [-0.4, -0.2) is 36.0 Å². The molecule has 1 aromatic rings. The van der Waals surface area contributed by atoms with Gasteiger partial charge in [-0.25, -0.2) is 0 Å². The second kappa shape index (κ2) is 8.77. The monoisotopic (exact) mass is 321 g/mol. The summed E-state index contributed by atoms with van der Waals surface area (Å²) in [7, 11) is 0. The van der Waals surface area contributed by atoms with Gasteiger partial charge in [-0.15, -0.1) is 0 Å². The third-order valence-electron chi connectivity index (χ3n) is 3.28. The van der Waals surface area contributed by atoms with E-state index in [0.29, 0.717) is 17.7 Å². The Labute approximate surface area is 135 Å². The molecule has 0 aliphatic carbocycles. The first kappa shape index (κ1) is 18.5. The summed E-state index contributed by atoms with van der Waals surface area (Å²) in [4.78, 5) is 34.2. The summed E-state index contributed by atoms with van der Waals surface area (Å²) in [5.74, 6) is -2.24. The Morgan fingerprint density at radius 3 is 2.43 bits per heavy atom. The molecule has 5 N–H and O–H groups in total. The molecule has 1 aromatic carbocycles. The molecular formula is C16H23N3O4. The molecule has 7 nitrogen and oxygen atoms in total. The predicted octanol–water partition coefficient (Wildman–Crippen LogP) is 1.06. The number of carboxylic acid groups (broad SMARTS) is 1. The first-order chi connectivity index (χ1) is 10.8. The first-order valence-electron chi connectivity index (χ1n) is 7.43. The quantitative estimate of drug-likeness (QED) is 0.542. The molecule has 0 bridgehead atoms. The Kier molecular flexibility index (Phi) is 7.05. The minimum Gasteiger partial charge on any atom is -0.481 e. The maximum Gasteiger partial charge on any atom is 0.308 e. The van der Waals surface area contributed by atoms with Crippen molar-refractivity contribution < 1.29 is 19.5 Å². The van der Waals surface area contributed by atoms with E-state index in [4.69, 9.17) is 10.8 Å². The lowest BCUT2D eigenvalue weighted by atomic mass is 9.97. The zero-order chi connectivity index (χ0) is 17.4. The van der Waals surface area contributed by atoms with Gasteiger partial charge in [0.2, 0.25) is 5.91 Å². The third kappa shape index (κ3) is 6.37. The Morgan fingerprint density at radius 2 is 1.87 bits per heavy atom.